The van der Waals surface area contributed by atoms with Gasteiger partial charge in [-0.1, -0.05) is 0 Å². The lowest BCUT2D eigenvalue weighted by Crippen LogP contribution is -2.47. The predicted octanol–water partition coefficient (Wildman–Crippen LogP) is 3.29. The molecule has 2 fully saturated rings. The van der Waals surface area contributed by atoms with Gasteiger partial charge < -0.3 is 19.1 Å². The van der Waals surface area contributed by atoms with Crippen LogP contribution in [0.5, 0.6) is 5.75 Å². The van der Waals surface area contributed by atoms with Crippen molar-refractivity contribution in [3.63, 3.8) is 0 Å². The number of H-pyrrole nitrogens is 1. The number of ether oxygens (including phenoxy) is 1. The van der Waals surface area contributed by atoms with Gasteiger partial charge in [0.05, 0.1) is 40.6 Å². The first kappa shape index (κ1) is 39.7. The number of nitriles is 1. The molecule has 7 rings (SSSR count). The molecule has 2 saturated heterocycles. The van der Waals surface area contributed by atoms with Gasteiger partial charge in [0.25, 0.3) is 23.3 Å². The molecule has 3 amide bonds. The second-order valence-electron chi connectivity index (χ2n) is 14.3. The number of anilines is 4. The zero-order valence-corrected chi connectivity index (χ0v) is 32.1. The minimum atomic E-state index is -4.85. The fourth-order valence-electron chi connectivity index (χ4n) is 7.29. The SMILES string of the molecule is Cn1cc(N2C(=O)c3ccc(OCCCN4CCN(c5ccc(N6C(=S=O)N(c7ccc(C#N)c(C(F)(F)F)c7)C(=O)C6(C)C)cc5)CC4)cc3C2=O)c(=O)[nH]c1=O. The van der Waals surface area contributed by atoms with E-state index in [1.165, 1.54) is 36.2 Å². The third kappa shape index (κ3) is 7.05. The van der Waals surface area contributed by atoms with E-state index in [1.807, 2.05) is 12.1 Å². The molecule has 0 aliphatic carbocycles. The van der Waals surface area contributed by atoms with E-state index < -0.39 is 51.8 Å². The standard InChI is InChI=1S/C39H35F3N8O7S/c1-38(2)35(54)48(26-6-5-23(21-43)30(19-26)39(40,41)42)37(58-56)50(38)25-9-7-24(8-10-25)47-16-14-46(15-17-47)13-4-18-57-27-11-12-28-29(20-27)34(53)49(33(28)52)31-22-45(3)36(55)44-32(31)51/h5-12,19-20,22H,4,13-18H2,1-3H3,(H,44,51,55). The summed E-state index contributed by atoms with van der Waals surface area (Å²) in [6.07, 6.45) is -3.03. The maximum atomic E-state index is 13.8. The lowest BCUT2D eigenvalue weighted by Gasteiger charge is -2.36. The molecule has 3 aliphatic rings. The number of alkyl halides is 3. The summed E-state index contributed by atoms with van der Waals surface area (Å²) < 4.78 is 60.7. The highest BCUT2D eigenvalue weighted by Crippen LogP contribution is 2.40. The summed E-state index contributed by atoms with van der Waals surface area (Å²) in [6, 6.07) is 16.2. The summed E-state index contributed by atoms with van der Waals surface area (Å²) >= 11 is -0.00808. The number of aryl methyl sites for hydroxylation is 1. The molecule has 1 aromatic heterocycles. The molecule has 3 aliphatic heterocycles. The molecule has 1 N–H and O–H groups in total. The van der Waals surface area contributed by atoms with Crippen LogP contribution in [-0.2, 0) is 29.3 Å². The maximum absolute atomic E-state index is 13.8. The van der Waals surface area contributed by atoms with Crippen LogP contribution < -0.4 is 35.6 Å². The Morgan fingerprint density at radius 3 is 2.17 bits per heavy atom. The molecule has 58 heavy (non-hydrogen) atoms. The normalized spacial score (nSPS) is 16.9. The summed E-state index contributed by atoms with van der Waals surface area (Å²) in [5.74, 6) is -1.58. The molecular weight excluding hydrogens is 782 g/mol. The van der Waals surface area contributed by atoms with Crippen molar-refractivity contribution >= 4 is 56.8 Å². The third-order valence-electron chi connectivity index (χ3n) is 10.4. The molecule has 0 spiro atoms. The molecule has 4 heterocycles. The molecule has 0 atom stereocenters. The lowest BCUT2D eigenvalue weighted by molar-refractivity contribution is -0.137. The van der Waals surface area contributed by atoms with E-state index in [4.69, 9.17) is 4.74 Å². The average molecular weight is 817 g/mol. The van der Waals surface area contributed by atoms with E-state index in [0.717, 1.165) is 52.0 Å². The highest BCUT2D eigenvalue weighted by molar-refractivity contribution is 7.67. The number of rotatable bonds is 9. The summed E-state index contributed by atoms with van der Waals surface area (Å²) in [5.41, 5.74) is -3.45. The van der Waals surface area contributed by atoms with Crippen LogP contribution in [0.4, 0.5) is 35.9 Å². The van der Waals surface area contributed by atoms with Crippen LogP contribution in [0.1, 0.15) is 52.1 Å². The Labute approximate surface area is 332 Å². The van der Waals surface area contributed by atoms with E-state index in [9.17, 15) is 46.6 Å². The van der Waals surface area contributed by atoms with Gasteiger partial charge in [0.15, 0.2) is 0 Å². The number of carbonyl (C=O) groups excluding carboxylic acids is 3. The Kier molecular flexibility index (Phi) is 10.3. The van der Waals surface area contributed by atoms with Crippen LogP contribution in [0.25, 0.3) is 0 Å². The molecular formula is C39H35F3N8O7S. The molecule has 15 nitrogen and oxygen atoms in total. The number of imide groups is 1. The number of nitrogens with zero attached hydrogens (tertiary/aromatic N) is 7. The fourth-order valence-corrected chi connectivity index (χ4v) is 7.96. The first-order chi connectivity index (χ1) is 27.5. The summed E-state index contributed by atoms with van der Waals surface area (Å²) in [7, 11) is 1.39. The van der Waals surface area contributed by atoms with Crippen LogP contribution in [0.15, 0.2) is 76.4 Å². The minimum Gasteiger partial charge on any atom is -0.494 e. The van der Waals surface area contributed by atoms with Gasteiger partial charge in [-0.05, 0) is 80.9 Å². The molecule has 4 aromatic rings. The third-order valence-corrected chi connectivity index (χ3v) is 10.9. The number of aromatic nitrogens is 2. The van der Waals surface area contributed by atoms with E-state index in [-0.39, 0.29) is 38.9 Å². The number of nitrogens with one attached hydrogen (secondary N) is 1. The topological polar surface area (TPSA) is 172 Å². The van der Waals surface area contributed by atoms with Crippen molar-refractivity contribution in [2.45, 2.75) is 32.0 Å². The molecule has 0 saturated carbocycles. The number of benzene rings is 3. The Bertz CT molecular complexity index is 2570. The fraction of sp³-hybridized carbons (Fsp3) is 0.308. The minimum absolute atomic E-state index is 0.00808. The van der Waals surface area contributed by atoms with Crippen molar-refractivity contribution in [1.82, 2.24) is 14.5 Å². The molecule has 3 aromatic carbocycles. The van der Waals surface area contributed by atoms with Gasteiger partial charge in [0, 0.05) is 57.3 Å². The number of piperazine rings is 1. The number of halogens is 3. The average Bonchev–Trinajstić information content (AvgIpc) is 3.57. The smallest absolute Gasteiger partial charge is 0.417 e. The van der Waals surface area contributed by atoms with Crippen molar-refractivity contribution in [2.75, 3.05) is 58.9 Å². The lowest BCUT2D eigenvalue weighted by atomic mass is 10.0. The largest absolute Gasteiger partial charge is 0.494 e. The number of carbonyl (C=O) groups is 3. The number of hydrogen-bond acceptors (Lipinski definition) is 10. The Hall–Kier alpha value is -6.52. The van der Waals surface area contributed by atoms with Crippen molar-refractivity contribution in [1.29, 1.82) is 5.26 Å². The number of fused-ring (bicyclic) bond motifs is 1. The van der Waals surface area contributed by atoms with Crippen molar-refractivity contribution in [3.8, 4) is 11.8 Å². The van der Waals surface area contributed by atoms with Gasteiger partial charge in [-0.2, -0.15) is 18.4 Å². The molecule has 300 valence electrons. The van der Waals surface area contributed by atoms with E-state index >= 15 is 0 Å². The first-order valence-electron chi connectivity index (χ1n) is 18.0. The maximum Gasteiger partial charge on any atom is 0.417 e. The van der Waals surface area contributed by atoms with Gasteiger partial charge in [-0.3, -0.25) is 34.0 Å². The van der Waals surface area contributed by atoms with Crippen LogP contribution in [0, 0.1) is 11.3 Å². The summed E-state index contributed by atoms with van der Waals surface area (Å²) in [5, 5.41) is 9.10. The highest BCUT2D eigenvalue weighted by Gasteiger charge is 2.51. The second kappa shape index (κ2) is 15.1. The molecule has 19 heteroatoms. The van der Waals surface area contributed by atoms with Gasteiger partial charge in [-0.25, -0.2) is 13.9 Å². The van der Waals surface area contributed by atoms with Gasteiger partial charge >= 0.3 is 11.9 Å². The Morgan fingerprint density at radius 1 is 0.862 bits per heavy atom. The number of aromatic amines is 1. The van der Waals surface area contributed by atoms with Crippen molar-refractivity contribution in [2.24, 2.45) is 7.05 Å². The van der Waals surface area contributed by atoms with E-state index in [1.54, 1.807) is 32.0 Å². The second-order valence-corrected chi connectivity index (χ2v) is 14.9. The van der Waals surface area contributed by atoms with Gasteiger partial charge in [0.1, 0.15) is 28.2 Å². The molecule has 0 radical (unpaired) electrons. The zero-order chi connectivity index (χ0) is 41.7. The van der Waals surface area contributed by atoms with E-state index in [2.05, 4.69) is 14.8 Å². The van der Waals surface area contributed by atoms with Crippen LogP contribution in [0.3, 0.4) is 0 Å². The van der Waals surface area contributed by atoms with Crippen LogP contribution in [0.2, 0.25) is 0 Å². The summed E-state index contributed by atoms with van der Waals surface area (Å²) in [6.45, 7) is 7.20. The number of amides is 3. The van der Waals surface area contributed by atoms with Crippen molar-refractivity contribution < 1.29 is 36.5 Å². The Morgan fingerprint density at radius 2 is 1.52 bits per heavy atom. The quantitative estimate of drug-likeness (QED) is 0.149. The predicted molar refractivity (Wildman–Crippen MR) is 208 cm³/mol. The zero-order valence-electron chi connectivity index (χ0n) is 31.3. The number of hydrogen-bond donors (Lipinski definition) is 1. The van der Waals surface area contributed by atoms with Gasteiger partial charge in [-0.15, -0.1) is 0 Å². The molecule has 0 unspecified atom stereocenters. The molecule has 0 bridgehead atoms. The highest BCUT2D eigenvalue weighted by atomic mass is 32.1. The van der Waals surface area contributed by atoms with E-state index in [0.29, 0.717) is 43.6 Å². The van der Waals surface area contributed by atoms with Crippen LogP contribution in [-0.4, -0.2) is 86.4 Å². The summed E-state index contributed by atoms with van der Waals surface area (Å²) in [4.78, 5) is 73.7. The van der Waals surface area contributed by atoms with Crippen molar-refractivity contribution in [3.05, 3.63) is 110 Å². The monoisotopic (exact) mass is 816 g/mol. The van der Waals surface area contributed by atoms with Gasteiger partial charge in [0.2, 0.25) is 5.11 Å². The Balaban J connectivity index is 0.934. The first-order valence-corrected chi connectivity index (χ1v) is 18.7. The van der Waals surface area contributed by atoms with Crippen LogP contribution >= 0.6 is 0 Å².